The predicted molar refractivity (Wildman–Crippen MR) is 157 cm³/mol. The Bertz CT molecular complexity index is 1710. The second-order valence-corrected chi connectivity index (χ2v) is 13.0. The summed E-state index contributed by atoms with van der Waals surface area (Å²) < 4.78 is 35.7. The van der Waals surface area contributed by atoms with E-state index in [4.69, 9.17) is 9.72 Å². The molecule has 212 valence electrons. The molecule has 1 N–H and O–H groups in total. The van der Waals surface area contributed by atoms with Gasteiger partial charge in [-0.05, 0) is 60.2 Å². The molecule has 5 rings (SSSR count). The number of pyridine rings is 1. The molecule has 3 heterocycles. The SMILES string of the molecule is Cc1cccc(C)c1-c1cc2nc(n1)NS(=O)(=O)c1cccc(c1)C(=O)N(C)C[C@H](c1ccc(C(C)(C)C)cn1)O2. The standard InChI is InChI=1S/C31H33N5O4S/c1-19-9-7-10-20(2)28(19)25-16-27-34-30(33-25)35-41(38,39)23-12-8-11-21(15-23)29(37)36(6)18-26(40-27)24-14-13-22(17-32-24)31(3,4)5/h7-17,26H,18H2,1-6H3,(H,33,34,35)/t26-/m1/s1. The van der Waals surface area contributed by atoms with Crippen LogP contribution in [0.1, 0.15) is 59.6 Å². The summed E-state index contributed by atoms with van der Waals surface area (Å²) in [6, 6.07) is 17.4. The summed E-state index contributed by atoms with van der Waals surface area (Å²) in [6.07, 6.45) is 1.11. The number of anilines is 1. The highest BCUT2D eigenvalue weighted by atomic mass is 32.2. The Kier molecular flexibility index (Phi) is 7.29. The zero-order valence-electron chi connectivity index (χ0n) is 24.0. The van der Waals surface area contributed by atoms with Crippen molar-refractivity contribution in [3.63, 3.8) is 0 Å². The minimum atomic E-state index is -4.12. The molecule has 0 saturated heterocycles. The highest BCUT2D eigenvalue weighted by molar-refractivity contribution is 7.92. The van der Waals surface area contributed by atoms with Crippen LogP contribution in [0.3, 0.4) is 0 Å². The van der Waals surface area contributed by atoms with Crippen molar-refractivity contribution in [3.05, 3.63) is 94.8 Å². The van der Waals surface area contributed by atoms with Gasteiger partial charge in [-0.1, -0.05) is 51.1 Å². The largest absolute Gasteiger partial charge is 0.466 e. The molecular formula is C31H33N5O4S. The molecule has 9 nitrogen and oxygen atoms in total. The third-order valence-corrected chi connectivity index (χ3v) is 8.41. The fourth-order valence-electron chi connectivity index (χ4n) is 4.78. The third kappa shape index (κ3) is 5.92. The van der Waals surface area contributed by atoms with E-state index >= 15 is 0 Å². The van der Waals surface area contributed by atoms with Crippen molar-refractivity contribution in [2.45, 2.75) is 51.0 Å². The van der Waals surface area contributed by atoms with Crippen LogP contribution >= 0.6 is 0 Å². The lowest BCUT2D eigenvalue weighted by Crippen LogP contribution is -2.33. The van der Waals surface area contributed by atoms with Crippen LogP contribution in [0.15, 0.2) is 71.8 Å². The first kappa shape index (κ1) is 28.2. The minimum Gasteiger partial charge on any atom is -0.466 e. The molecule has 0 aliphatic carbocycles. The van der Waals surface area contributed by atoms with Gasteiger partial charge in [0.2, 0.25) is 11.8 Å². The number of nitrogens with one attached hydrogen (secondary N) is 1. The number of benzene rings is 2. The van der Waals surface area contributed by atoms with Crippen molar-refractivity contribution >= 4 is 21.9 Å². The lowest BCUT2D eigenvalue weighted by molar-refractivity contribution is 0.0702. The molecule has 0 saturated carbocycles. The van der Waals surface area contributed by atoms with E-state index in [0.29, 0.717) is 11.4 Å². The number of amides is 1. The third-order valence-electron chi connectivity index (χ3n) is 7.09. The number of carbonyl (C=O) groups is 1. The molecule has 0 radical (unpaired) electrons. The summed E-state index contributed by atoms with van der Waals surface area (Å²) in [4.78, 5) is 28.5. The van der Waals surface area contributed by atoms with Crippen LogP contribution in [0, 0.1) is 13.8 Å². The summed E-state index contributed by atoms with van der Waals surface area (Å²) in [5, 5.41) is 0. The molecule has 4 aromatic rings. The first-order chi connectivity index (χ1) is 19.3. The van der Waals surface area contributed by atoms with Crippen LogP contribution in [0.2, 0.25) is 0 Å². The van der Waals surface area contributed by atoms with Gasteiger partial charge in [0.05, 0.1) is 22.8 Å². The number of aromatic nitrogens is 3. The highest BCUT2D eigenvalue weighted by Crippen LogP contribution is 2.32. The van der Waals surface area contributed by atoms with Crippen molar-refractivity contribution < 1.29 is 17.9 Å². The van der Waals surface area contributed by atoms with Crippen LogP contribution < -0.4 is 9.46 Å². The van der Waals surface area contributed by atoms with Gasteiger partial charge in [0.25, 0.3) is 15.9 Å². The smallest absolute Gasteiger partial charge is 0.264 e. The maximum Gasteiger partial charge on any atom is 0.264 e. The number of aryl methyl sites for hydroxylation is 2. The number of sulfonamides is 1. The molecule has 41 heavy (non-hydrogen) atoms. The summed E-state index contributed by atoms with van der Waals surface area (Å²) >= 11 is 0. The summed E-state index contributed by atoms with van der Waals surface area (Å²) in [5.74, 6) is -0.344. The molecule has 0 unspecified atom stereocenters. The van der Waals surface area contributed by atoms with Crippen LogP contribution in [0.25, 0.3) is 11.3 Å². The van der Waals surface area contributed by atoms with Gasteiger partial charge in [0.1, 0.15) is 0 Å². The number of hydrogen-bond acceptors (Lipinski definition) is 7. The second-order valence-electron chi connectivity index (χ2n) is 11.3. The number of likely N-dealkylation sites (N-methyl/N-ethyl adjacent to an activating group) is 1. The number of fused-ring (bicyclic) bond motifs is 4. The molecule has 1 amide bonds. The molecule has 2 aromatic heterocycles. The van der Waals surface area contributed by atoms with Gasteiger partial charge in [-0.15, -0.1) is 0 Å². The van der Waals surface area contributed by atoms with E-state index in [-0.39, 0.29) is 40.2 Å². The minimum absolute atomic E-state index is 0.0736. The topological polar surface area (TPSA) is 114 Å². The number of hydrogen-bond donors (Lipinski definition) is 1. The number of carbonyl (C=O) groups excluding carboxylic acids is 1. The van der Waals surface area contributed by atoms with Crippen LogP contribution in [-0.2, 0) is 15.4 Å². The van der Waals surface area contributed by atoms with Crippen LogP contribution in [-0.4, -0.2) is 47.8 Å². The molecule has 1 aliphatic heterocycles. The Hall–Kier alpha value is -4.31. The zero-order chi connectivity index (χ0) is 29.5. The summed E-state index contributed by atoms with van der Waals surface area (Å²) in [6.45, 7) is 10.4. The van der Waals surface area contributed by atoms with Crippen molar-refractivity contribution in [3.8, 4) is 17.1 Å². The number of nitrogens with zero attached hydrogens (tertiary/aromatic N) is 4. The van der Waals surface area contributed by atoms with Gasteiger partial charge < -0.3 is 9.64 Å². The van der Waals surface area contributed by atoms with E-state index in [1.165, 1.54) is 23.1 Å². The van der Waals surface area contributed by atoms with Gasteiger partial charge in [-0.3, -0.25) is 9.78 Å². The molecule has 0 spiro atoms. The molecule has 1 aliphatic rings. The molecule has 4 bridgehead atoms. The monoisotopic (exact) mass is 571 g/mol. The Balaban J connectivity index is 1.69. The van der Waals surface area contributed by atoms with E-state index in [9.17, 15) is 13.2 Å². The first-order valence-corrected chi connectivity index (χ1v) is 14.8. The predicted octanol–water partition coefficient (Wildman–Crippen LogP) is 5.46. The zero-order valence-corrected chi connectivity index (χ0v) is 24.8. The maximum absolute atomic E-state index is 13.4. The second kappa shape index (κ2) is 10.6. The van der Waals surface area contributed by atoms with Gasteiger partial charge in [-0.25, -0.2) is 18.1 Å². The van der Waals surface area contributed by atoms with E-state index in [1.54, 1.807) is 19.2 Å². The summed E-state index contributed by atoms with van der Waals surface area (Å²) in [7, 11) is -2.47. The van der Waals surface area contributed by atoms with Crippen molar-refractivity contribution in [1.29, 1.82) is 0 Å². The molecule has 2 aromatic carbocycles. The van der Waals surface area contributed by atoms with E-state index < -0.39 is 16.1 Å². The Morgan fingerprint density at radius 3 is 2.34 bits per heavy atom. The number of rotatable bonds is 2. The van der Waals surface area contributed by atoms with Crippen molar-refractivity contribution in [2.75, 3.05) is 18.3 Å². The van der Waals surface area contributed by atoms with Crippen LogP contribution in [0.4, 0.5) is 5.95 Å². The lowest BCUT2D eigenvalue weighted by atomic mass is 9.88. The molecule has 10 heteroatoms. The quantitative estimate of drug-likeness (QED) is 0.340. The van der Waals surface area contributed by atoms with Gasteiger partial charge in [0.15, 0.2) is 6.10 Å². The lowest BCUT2D eigenvalue weighted by Gasteiger charge is -2.26. The Morgan fingerprint density at radius 1 is 0.976 bits per heavy atom. The highest BCUT2D eigenvalue weighted by Gasteiger charge is 2.27. The van der Waals surface area contributed by atoms with E-state index in [0.717, 1.165) is 22.3 Å². The maximum atomic E-state index is 13.4. The Morgan fingerprint density at radius 2 is 1.68 bits per heavy atom. The number of ether oxygens (including phenoxy) is 1. The van der Waals surface area contributed by atoms with Crippen molar-refractivity contribution in [1.82, 2.24) is 19.9 Å². The van der Waals surface area contributed by atoms with Gasteiger partial charge in [-0.2, -0.15) is 4.98 Å². The van der Waals surface area contributed by atoms with Crippen LogP contribution in [0.5, 0.6) is 5.88 Å². The molecule has 1 atom stereocenters. The average molecular weight is 572 g/mol. The normalized spacial score (nSPS) is 17.0. The Labute approximate surface area is 240 Å². The summed E-state index contributed by atoms with van der Waals surface area (Å²) in [5.41, 5.74) is 5.10. The van der Waals surface area contributed by atoms with E-state index in [2.05, 4.69) is 35.5 Å². The van der Waals surface area contributed by atoms with E-state index in [1.807, 2.05) is 50.4 Å². The van der Waals surface area contributed by atoms with Crippen molar-refractivity contribution in [2.24, 2.45) is 0 Å². The molecular weight excluding hydrogens is 538 g/mol. The average Bonchev–Trinajstić information content (AvgIpc) is 2.91. The van der Waals surface area contributed by atoms with Gasteiger partial charge >= 0.3 is 0 Å². The van der Waals surface area contributed by atoms with Gasteiger partial charge in [0, 0.05) is 30.4 Å². The first-order valence-electron chi connectivity index (χ1n) is 13.3. The molecule has 0 fully saturated rings. The fourth-order valence-corrected chi connectivity index (χ4v) is 5.77. The fraction of sp³-hybridized carbons (Fsp3) is 0.290.